The number of halogens is 3. The number of urea groups is 6. The highest BCUT2D eigenvalue weighted by Gasteiger charge is 2.40. The largest absolute Gasteiger partial charge is 0.401 e. The molecule has 7 fully saturated rings. The number of hydrogen-bond donors (Lipinski definition) is 6. The van der Waals surface area contributed by atoms with Gasteiger partial charge in [-0.15, -0.1) is 0 Å². The van der Waals surface area contributed by atoms with Gasteiger partial charge in [0, 0.05) is 200 Å². The SMILES string of the molecule is CC(C)C(=O)[C@@H](NC(=O)N1CCN(CC(F)(F)F)CC1)C1CCOCC1.CO[C@@H](C)[C@H](NC(=O)N1CCS(=O)(=O)CC1)C(=O)C(C)C.CO[C@H](C)[C@H](NC(=O)N1CCCCC1)C(=O)C(C)C.CO[C@H](C)[C@H](NC(=O)N1CCN(C)CC1)C(=O)C(C)C.CO[C@H](C)[C@H](NC(=O)N1CCOCC1)C(=O)C(C)C.CO[C@H](C)[C@H](NC(=O)N1CCSCC1)C(=O)C(C)C. The van der Waals surface area contributed by atoms with E-state index >= 15 is 0 Å². The molecule has 718 valence electrons. The fraction of sp³-hybridized carbons (Fsp3) is 0.857. The molecule has 7 saturated heterocycles. The van der Waals surface area contributed by atoms with Crippen LogP contribution in [0.2, 0.25) is 0 Å². The third-order valence-corrected chi connectivity index (χ3v) is 25.1. The molecule has 7 aliphatic rings. The normalized spacial score (nSPS) is 20.1. The second-order valence-corrected chi connectivity index (χ2v) is 37.6. The number of nitrogens with one attached hydrogen (secondary N) is 6. The van der Waals surface area contributed by atoms with Crippen LogP contribution in [0.15, 0.2) is 0 Å². The van der Waals surface area contributed by atoms with Crippen molar-refractivity contribution in [2.75, 3.05) is 203 Å². The van der Waals surface area contributed by atoms with E-state index in [1.807, 2.05) is 74.2 Å². The Kier molecular flexibility index (Phi) is 53.1. The summed E-state index contributed by atoms with van der Waals surface area (Å²) in [6.07, 6.45) is -1.33. The Morgan fingerprint density at radius 2 is 0.621 bits per heavy atom. The number of nitrogens with zero attached hydrogens (tertiary/aromatic N) is 8. The molecule has 0 saturated carbocycles. The summed E-state index contributed by atoms with van der Waals surface area (Å²) in [5.41, 5.74) is 0. The Bertz CT molecular complexity index is 3210. The lowest BCUT2D eigenvalue weighted by Crippen LogP contribution is -2.57. The highest BCUT2D eigenvalue weighted by molar-refractivity contribution is 7.99. The highest BCUT2D eigenvalue weighted by Crippen LogP contribution is 2.24. The Labute approximate surface area is 739 Å². The van der Waals surface area contributed by atoms with E-state index in [0.717, 1.165) is 63.6 Å². The maximum Gasteiger partial charge on any atom is 0.401 e. The van der Waals surface area contributed by atoms with Gasteiger partial charge < -0.3 is 99.4 Å². The van der Waals surface area contributed by atoms with Gasteiger partial charge in [0.15, 0.2) is 44.5 Å². The van der Waals surface area contributed by atoms with Crippen LogP contribution in [0, 0.1) is 41.4 Å². The Balaban J connectivity index is 0.000000506. The number of likely N-dealkylation sites (N-methyl/N-ethyl adjacent to an activating group) is 1. The highest BCUT2D eigenvalue weighted by atomic mass is 32.2. The predicted octanol–water partition coefficient (Wildman–Crippen LogP) is 6.36. The molecule has 0 radical (unpaired) electrons. The third-order valence-electron chi connectivity index (χ3n) is 22.6. The van der Waals surface area contributed by atoms with Crippen molar-refractivity contribution in [1.82, 2.24) is 71.1 Å². The molecular weight excluding hydrogens is 1660 g/mol. The average molecular weight is 1820 g/mol. The van der Waals surface area contributed by atoms with Crippen LogP contribution < -0.4 is 31.9 Å². The van der Waals surface area contributed by atoms with Crippen molar-refractivity contribution in [3.8, 4) is 0 Å². The number of alkyl halides is 3. The Hall–Kier alpha value is -6.63. The van der Waals surface area contributed by atoms with Gasteiger partial charge in [-0.25, -0.2) is 37.2 Å². The van der Waals surface area contributed by atoms with Gasteiger partial charge in [-0.05, 0) is 79.7 Å². The summed E-state index contributed by atoms with van der Waals surface area (Å²) in [5, 5.41) is 16.8. The molecule has 6 N–H and O–H groups in total. The number of piperazine rings is 2. The number of methoxy groups -OCH3 is 5. The predicted molar refractivity (Wildman–Crippen MR) is 469 cm³/mol. The zero-order chi connectivity index (χ0) is 94.1. The molecule has 35 nitrogen and oxygen atoms in total. The number of likely N-dealkylation sites (tertiary alicyclic amines) is 1. The molecule has 0 aromatic rings. The van der Waals surface area contributed by atoms with Crippen molar-refractivity contribution in [2.45, 2.75) is 223 Å². The van der Waals surface area contributed by atoms with E-state index in [0.29, 0.717) is 65.4 Å². The summed E-state index contributed by atoms with van der Waals surface area (Å²) in [6.45, 7) is 40.2. The lowest BCUT2D eigenvalue weighted by atomic mass is 9.85. The number of rotatable bonds is 30. The number of ether oxygens (including phenoxy) is 7. The monoisotopic (exact) mass is 1820 g/mol. The molecule has 0 aromatic carbocycles. The maximum atomic E-state index is 12.6. The number of carbonyl (C=O) groups excluding carboxylic acids is 12. The fourth-order valence-electron chi connectivity index (χ4n) is 13.7. The third kappa shape index (κ3) is 40.8. The molecule has 7 heterocycles. The van der Waals surface area contributed by atoms with Gasteiger partial charge >= 0.3 is 42.4 Å². The summed E-state index contributed by atoms with van der Waals surface area (Å²) < 4.78 is 96.6. The van der Waals surface area contributed by atoms with Crippen molar-refractivity contribution < 1.29 is 112 Å². The van der Waals surface area contributed by atoms with E-state index in [9.17, 15) is 79.1 Å². The number of carbonyl (C=O) groups is 12. The Morgan fingerprint density at radius 3 is 0.919 bits per heavy atom. The smallest absolute Gasteiger partial charge is 0.381 e. The molecule has 124 heavy (non-hydrogen) atoms. The van der Waals surface area contributed by atoms with Gasteiger partial charge in [0.05, 0.1) is 67.8 Å². The van der Waals surface area contributed by atoms with Crippen LogP contribution in [0.4, 0.5) is 41.9 Å². The minimum absolute atomic E-state index is 0.00169. The van der Waals surface area contributed by atoms with Gasteiger partial charge in [-0.1, -0.05) is 83.1 Å². The maximum absolute atomic E-state index is 12.6. The minimum atomic E-state index is -4.23. The summed E-state index contributed by atoms with van der Waals surface area (Å²) >= 11 is 1.84. The number of hydrogen-bond acceptors (Lipinski definition) is 24. The number of sulfone groups is 1. The lowest BCUT2D eigenvalue weighted by molar-refractivity contribution is -0.148. The molecular formula is C84H153F3N14O21S2. The molecule has 0 aliphatic carbocycles. The first-order valence-corrected chi connectivity index (χ1v) is 46.7. The van der Waals surface area contributed by atoms with Crippen molar-refractivity contribution in [2.24, 2.45) is 41.4 Å². The lowest BCUT2D eigenvalue weighted by Gasteiger charge is -2.37. The van der Waals surface area contributed by atoms with Gasteiger partial charge in [0.1, 0.15) is 30.2 Å². The van der Waals surface area contributed by atoms with Crippen molar-refractivity contribution in [3.63, 3.8) is 0 Å². The standard InChI is InChI=1S/C17H28F3N3O3.C14H27N3O3.C14H26N2O3.C13H24N2O5S.C13H24N2O4.C13H24N2O3S/c1-12(2)15(24)14(13-3-9-26-10-4-13)21-16(25)23-7-5-22(6-8-23)11-17(18,19)20;1-10(2)13(18)12(11(3)20-5)15-14(19)17-8-6-16(4)7-9-17;1-10(2)13(17)12(11(3)19-4)15-14(18)16-8-6-5-7-9-16;1-9(2)12(16)11(10(3)20-4)14-13(17)15-5-7-21(18,19)8-6-15;2*1-9(2)12(16)11(10(3)18-4)14-13(17)15-5-7-19-8-6-15/h12-14H,3-11H2,1-2H3,(H,21,25);10-12H,6-9H2,1-5H3,(H,15,19);10-12H,5-9H2,1-4H3,(H,15,18);9-11H,5-8H2,1-4H3,(H,14,17);2*9-11H,5-8H2,1-4H3,(H,14,17)/t14-;2*11-,12+;10-,11-;2*10-,11+/m011011/s1. The zero-order valence-corrected chi connectivity index (χ0v) is 79.8. The molecule has 0 unspecified atom stereocenters. The van der Waals surface area contributed by atoms with Gasteiger partial charge in [-0.2, -0.15) is 24.9 Å². The number of amides is 12. The Morgan fingerprint density at radius 1 is 0.355 bits per heavy atom. The van der Waals surface area contributed by atoms with E-state index in [2.05, 4.69) is 36.8 Å². The van der Waals surface area contributed by atoms with Crippen molar-refractivity contribution in [1.29, 1.82) is 0 Å². The topological polar surface area (TPSA) is 402 Å². The second-order valence-electron chi connectivity index (χ2n) is 34.1. The van der Waals surface area contributed by atoms with E-state index in [1.54, 1.807) is 103 Å². The first-order valence-electron chi connectivity index (χ1n) is 43.7. The summed E-state index contributed by atoms with van der Waals surface area (Å²) in [7, 11) is 6.66. The molecule has 12 amide bonds. The number of morpholine rings is 1. The van der Waals surface area contributed by atoms with E-state index < -0.39 is 70.9 Å². The molecule has 40 heteroatoms. The van der Waals surface area contributed by atoms with Crippen molar-refractivity contribution >= 4 is 92.5 Å². The first kappa shape index (κ1) is 113. The average Bonchev–Trinajstić information content (AvgIpc) is 0.875. The quantitative estimate of drug-likeness (QED) is 0.0455. The van der Waals surface area contributed by atoms with Crippen LogP contribution in [-0.4, -0.2) is 395 Å². The molecule has 0 aromatic heterocycles. The van der Waals surface area contributed by atoms with Gasteiger partial charge in [0.2, 0.25) is 0 Å². The van der Waals surface area contributed by atoms with Crippen LogP contribution in [0.1, 0.15) is 150 Å². The van der Waals surface area contributed by atoms with Crippen LogP contribution >= 0.6 is 11.8 Å². The zero-order valence-electron chi connectivity index (χ0n) is 78.2. The number of ketones is 6. The number of piperidine rings is 1. The second kappa shape index (κ2) is 58.0. The minimum Gasteiger partial charge on any atom is -0.381 e. The van der Waals surface area contributed by atoms with E-state index in [4.69, 9.17) is 33.2 Å². The summed E-state index contributed by atoms with van der Waals surface area (Å²) in [4.78, 5) is 160. The van der Waals surface area contributed by atoms with Crippen LogP contribution in [-0.2, 0) is 71.8 Å². The summed E-state index contributed by atoms with van der Waals surface area (Å²) in [5.74, 6) is 0.797. The van der Waals surface area contributed by atoms with Crippen molar-refractivity contribution in [3.05, 3.63) is 0 Å². The van der Waals surface area contributed by atoms with Gasteiger partial charge in [-0.3, -0.25) is 33.7 Å². The number of Topliss-reactive ketones (excluding diaryl/α,β-unsaturated/α-hetero) is 6. The molecule has 7 rings (SSSR count). The van der Waals surface area contributed by atoms with E-state index in [1.165, 1.54) is 35.3 Å². The van der Waals surface area contributed by atoms with Crippen LogP contribution in [0.3, 0.4) is 0 Å². The first-order chi connectivity index (χ1) is 58.1. The van der Waals surface area contributed by atoms with Crippen LogP contribution in [0.5, 0.6) is 0 Å². The summed E-state index contributed by atoms with van der Waals surface area (Å²) in [6, 6.07) is -5.17. The van der Waals surface area contributed by atoms with Gasteiger partial charge in [0.25, 0.3) is 0 Å². The fourth-order valence-corrected chi connectivity index (χ4v) is 15.8. The van der Waals surface area contributed by atoms with Crippen LogP contribution in [0.25, 0.3) is 0 Å². The molecule has 11 atom stereocenters. The molecule has 0 spiro atoms. The van der Waals surface area contributed by atoms with E-state index in [-0.39, 0.29) is 181 Å². The molecule has 0 bridgehead atoms. The number of thioether (sulfide) groups is 1. The molecule has 7 aliphatic heterocycles.